The lowest BCUT2D eigenvalue weighted by molar-refractivity contribution is 0.685. The predicted molar refractivity (Wildman–Crippen MR) is 107 cm³/mol. The topological polar surface area (TPSA) is 71.8 Å². The van der Waals surface area contributed by atoms with E-state index in [1.165, 1.54) is 12.8 Å². The lowest BCUT2D eigenvalue weighted by Crippen LogP contribution is -2.20. The molecule has 0 unspecified atom stereocenters. The molecule has 7 nitrogen and oxygen atoms in total. The molecular formula is C19H24ClN7. The molecule has 0 amide bonds. The van der Waals surface area contributed by atoms with Gasteiger partial charge in [0, 0.05) is 62.7 Å². The number of aromatic nitrogens is 5. The Morgan fingerprint density at radius 3 is 2.26 bits per heavy atom. The van der Waals surface area contributed by atoms with Gasteiger partial charge < -0.3 is 10.2 Å². The van der Waals surface area contributed by atoms with Crippen molar-refractivity contribution in [1.29, 1.82) is 0 Å². The summed E-state index contributed by atoms with van der Waals surface area (Å²) in [5, 5.41) is 3.42. The van der Waals surface area contributed by atoms with E-state index < -0.39 is 0 Å². The van der Waals surface area contributed by atoms with Gasteiger partial charge in [-0.15, -0.1) is 12.4 Å². The van der Waals surface area contributed by atoms with E-state index in [9.17, 15) is 0 Å². The van der Waals surface area contributed by atoms with Gasteiger partial charge >= 0.3 is 0 Å². The number of hydrogen-bond acceptors (Lipinski definition) is 6. The Labute approximate surface area is 165 Å². The van der Waals surface area contributed by atoms with E-state index in [0.717, 1.165) is 54.9 Å². The van der Waals surface area contributed by atoms with Gasteiger partial charge in [-0.3, -0.25) is 4.57 Å². The largest absolute Gasteiger partial charge is 0.341 e. The Morgan fingerprint density at radius 1 is 0.926 bits per heavy atom. The average Bonchev–Trinajstić information content (AvgIpc) is 3.35. The van der Waals surface area contributed by atoms with Crippen molar-refractivity contribution in [2.45, 2.75) is 32.9 Å². The van der Waals surface area contributed by atoms with Gasteiger partial charge in [-0.1, -0.05) is 6.07 Å². The SMILES string of the molecule is Cc1nccn1-c1ccc(CNCc2cnc(N3CCCC3)nc2)cn1.Cl. The summed E-state index contributed by atoms with van der Waals surface area (Å²) in [5.41, 5.74) is 2.23. The molecule has 0 aliphatic carbocycles. The summed E-state index contributed by atoms with van der Waals surface area (Å²) in [6.07, 6.45) is 11.9. The summed E-state index contributed by atoms with van der Waals surface area (Å²) >= 11 is 0. The van der Waals surface area contributed by atoms with Crippen molar-refractivity contribution in [2.24, 2.45) is 0 Å². The summed E-state index contributed by atoms with van der Waals surface area (Å²) in [6, 6.07) is 4.10. The zero-order valence-corrected chi connectivity index (χ0v) is 16.2. The molecule has 1 N–H and O–H groups in total. The van der Waals surface area contributed by atoms with Gasteiger partial charge in [-0.25, -0.2) is 19.9 Å². The third-order valence-corrected chi connectivity index (χ3v) is 4.62. The van der Waals surface area contributed by atoms with Gasteiger partial charge in [-0.2, -0.15) is 0 Å². The number of pyridine rings is 1. The molecule has 0 aromatic carbocycles. The number of rotatable bonds is 6. The van der Waals surface area contributed by atoms with Gasteiger partial charge in [-0.05, 0) is 31.4 Å². The zero-order valence-electron chi connectivity index (χ0n) is 15.4. The molecule has 1 fully saturated rings. The van der Waals surface area contributed by atoms with Crippen molar-refractivity contribution >= 4 is 18.4 Å². The van der Waals surface area contributed by atoms with Crippen LogP contribution in [0.25, 0.3) is 5.82 Å². The molecule has 0 atom stereocenters. The van der Waals surface area contributed by atoms with Gasteiger partial charge in [0.25, 0.3) is 0 Å². The van der Waals surface area contributed by atoms with E-state index in [2.05, 4.69) is 36.2 Å². The third-order valence-electron chi connectivity index (χ3n) is 4.62. The van der Waals surface area contributed by atoms with Crippen molar-refractivity contribution in [3.8, 4) is 5.82 Å². The fourth-order valence-electron chi connectivity index (χ4n) is 3.15. The molecule has 0 spiro atoms. The van der Waals surface area contributed by atoms with Crippen LogP contribution in [0.3, 0.4) is 0 Å². The van der Waals surface area contributed by atoms with E-state index in [1.807, 2.05) is 42.3 Å². The van der Waals surface area contributed by atoms with Crippen molar-refractivity contribution in [3.05, 3.63) is 60.1 Å². The third kappa shape index (κ3) is 4.61. The van der Waals surface area contributed by atoms with E-state index in [4.69, 9.17) is 0 Å². The Morgan fingerprint density at radius 2 is 1.63 bits per heavy atom. The first kappa shape index (κ1) is 19.3. The number of imidazole rings is 1. The molecule has 0 bridgehead atoms. The van der Waals surface area contributed by atoms with Crippen molar-refractivity contribution in [3.63, 3.8) is 0 Å². The van der Waals surface area contributed by atoms with E-state index in [1.54, 1.807) is 6.20 Å². The Balaban J connectivity index is 0.00000210. The smallest absolute Gasteiger partial charge is 0.225 e. The highest BCUT2D eigenvalue weighted by molar-refractivity contribution is 5.85. The maximum atomic E-state index is 4.52. The van der Waals surface area contributed by atoms with E-state index in [-0.39, 0.29) is 12.4 Å². The van der Waals surface area contributed by atoms with Gasteiger partial charge in [0.1, 0.15) is 11.6 Å². The van der Waals surface area contributed by atoms with Gasteiger partial charge in [0.2, 0.25) is 5.95 Å². The molecule has 1 aliphatic heterocycles. The maximum absolute atomic E-state index is 4.52. The summed E-state index contributed by atoms with van der Waals surface area (Å²) in [5.74, 6) is 2.66. The Hall–Kier alpha value is -2.51. The Bertz CT molecular complexity index is 839. The van der Waals surface area contributed by atoms with Crippen LogP contribution in [-0.4, -0.2) is 37.6 Å². The molecule has 142 valence electrons. The van der Waals surface area contributed by atoms with Crippen LogP contribution < -0.4 is 10.2 Å². The molecule has 8 heteroatoms. The van der Waals surface area contributed by atoms with Crippen LogP contribution >= 0.6 is 12.4 Å². The molecule has 4 rings (SSSR count). The fourth-order valence-corrected chi connectivity index (χ4v) is 3.15. The van der Waals surface area contributed by atoms with Crippen LogP contribution in [0.1, 0.15) is 29.8 Å². The molecule has 3 aromatic rings. The van der Waals surface area contributed by atoms with Crippen LogP contribution in [-0.2, 0) is 13.1 Å². The van der Waals surface area contributed by atoms with Crippen LogP contribution in [0, 0.1) is 6.92 Å². The van der Waals surface area contributed by atoms with Crippen molar-refractivity contribution < 1.29 is 0 Å². The van der Waals surface area contributed by atoms with Gasteiger partial charge in [0.15, 0.2) is 0 Å². The van der Waals surface area contributed by atoms with Crippen LogP contribution in [0.4, 0.5) is 5.95 Å². The quantitative estimate of drug-likeness (QED) is 0.703. The minimum atomic E-state index is 0. The number of hydrogen-bond donors (Lipinski definition) is 1. The number of aryl methyl sites for hydroxylation is 1. The van der Waals surface area contributed by atoms with Gasteiger partial charge in [0.05, 0.1) is 0 Å². The van der Waals surface area contributed by atoms with E-state index >= 15 is 0 Å². The van der Waals surface area contributed by atoms with Crippen LogP contribution in [0.5, 0.6) is 0 Å². The fraction of sp³-hybridized carbons (Fsp3) is 0.368. The predicted octanol–water partition coefficient (Wildman–Crippen LogP) is 2.68. The molecule has 1 aliphatic rings. The zero-order chi connectivity index (χ0) is 17.8. The molecule has 1 saturated heterocycles. The standard InChI is InChI=1S/C19H23N7.ClH/c1-15-21-6-9-26(15)18-5-4-16(12-22-18)10-20-11-17-13-23-19(24-14-17)25-7-2-3-8-25;/h4-6,9,12-14,20H,2-3,7-8,10-11H2,1H3;1H. The number of nitrogens with zero attached hydrogens (tertiary/aromatic N) is 6. The van der Waals surface area contributed by atoms with Crippen molar-refractivity contribution in [1.82, 2.24) is 29.8 Å². The highest BCUT2D eigenvalue weighted by Crippen LogP contribution is 2.15. The number of nitrogens with one attached hydrogen (secondary N) is 1. The lowest BCUT2D eigenvalue weighted by Gasteiger charge is -2.14. The molecule has 27 heavy (non-hydrogen) atoms. The van der Waals surface area contributed by atoms with Crippen LogP contribution in [0.2, 0.25) is 0 Å². The first-order valence-electron chi connectivity index (χ1n) is 9.01. The highest BCUT2D eigenvalue weighted by Gasteiger charge is 2.14. The first-order valence-corrected chi connectivity index (χ1v) is 9.01. The second kappa shape index (κ2) is 8.92. The molecule has 4 heterocycles. The molecule has 0 radical (unpaired) electrons. The summed E-state index contributed by atoms with van der Waals surface area (Å²) in [4.78, 5) is 20.0. The minimum absolute atomic E-state index is 0. The second-order valence-corrected chi connectivity index (χ2v) is 6.56. The minimum Gasteiger partial charge on any atom is -0.341 e. The highest BCUT2D eigenvalue weighted by atomic mass is 35.5. The first-order chi connectivity index (χ1) is 12.8. The van der Waals surface area contributed by atoms with Crippen LogP contribution in [0.15, 0.2) is 43.1 Å². The monoisotopic (exact) mass is 385 g/mol. The maximum Gasteiger partial charge on any atom is 0.225 e. The second-order valence-electron chi connectivity index (χ2n) is 6.56. The molecular weight excluding hydrogens is 362 g/mol. The summed E-state index contributed by atoms with van der Waals surface area (Å²) in [7, 11) is 0. The summed E-state index contributed by atoms with van der Waals surface area (Å²) < 4.78 is 1.97. The van der Waals surface area contributed by atoms with Crippen molar-refractivity contribution in [2.75, 3.05) is 18.0 Å². The normalized spacial score (nSPS) is 13.6. The van der Waals surface area contributed by atoms with E-state index in [0.29, 0.717) is 0 Å². The average molecular weight is 386 g/mol. The Kier molecular flexibility index (Phi) is 6.36. The number of anilines is 1. The molecule has 3 aromatic heterocycles. The molecule has 0 saturated carbocycles. The lowest BCUT2D eigenvalue weighted by atomic mass is 10.2. The summed E-state index contributed by atoms with van der Waals surface area (Å²) in [6.45, 7) is 5.60. The number of halogens is 1.